The normalized spacial score (nSPS) is 22.0. The molecule has 4 rings (SSSR count). The third-order valence-electron chi connectivity index (χ3n) is 5.44. The average Bonchev–Trinajstić information content (AvgIpc) is 2.68. The number of morpholine rings is 1. The van der Waals surface area contributed by atoms with E-state index in [1.807, 2.05) is 49.4 Å². The van der Waals surface area contributed by atoms with E-state index >= 15 is 0 Å². The maximum Gasteiger partial charge on any atom is 0.200 e. The summed E-state index contributed by atoms with van der Waals surface area (Å²) in [7, 11) is 0. The van der Waals surface area contributed by atoms with Crippen LogP contribution in [0.5, 0.6) is 5.75 Å². The summed E-state index contributed by atoms with van der Waals surface area (Å²) in [4.78, 5) is 14.5. The van der Waals surface area contributed by atoms with Gasteiger partial charge in [0.05, 0.1) is 10.9 Å². The molecule has 1 aromatic heterocycles. The van der Waals surface area contributed by atoms with E-state index in [9.17, 15) is 4.79 Å². The first-order valence-corrected chi connectivity index (χ1v) is 10.3. The molecule has 0 amide bonds. The zero-order chi connectivity index (χ0) is 20.4. The van der Waals surface area contributed by atoms with Crippen molar-refractivity contribution < 1.29 is 18.8 Å². The average molecular weight is 394 g/mol. The topological polar surface area (TPSA) is 53.1 Å². The molecule has 0 aliphatic carbocycles. The molecule has 1 aliphatic heterocycles. The maximum absolute atomic E-state index is 13.0. The van der Waals surface area contributed by atoms with Gasteiger partial charge < -0.3 is 18.8 Å². The van der Waals surface area contributed by atoms with Crippen LogP contribution < -0.4 is 15.1 Å². The number of hydrogen-bond donors (Lipinski definition) is 1. The van der Waals surface area contributed by atoms with Crippen molar-refractivity contribution in [1.29, 1.82) is 0 Å². The molecule has 2 aromatic carbocycles. The molecule has 0 radical (unpaired) electrons. The molecule has 5 nitrogen and oxygen atoms in total. The molecule has 1 aliphatic rings. The first kappa shape index (κ1) is 19.7. The molecular weight excluding hydrogens is 366 g/mol. The number of rotatable bonds is 5. The van der Waals surface area contributed by atoms with Gasteiger partial charge in [0.15, 0.2) is 0 Å². The third kappa shape index (κ3) is 4.36. The van der Waals surface area contributed by atoms with Crippen molar-refractivity contribution in [3.63, 3.8) is 0 Å². The smallest absolute Gasteiger partial charge is 0.200 e. The summed E-state index contributed by atoms with van der Waals surface area (Å²) < 4.78 is 17.7. The van der Waals surface area contributed by atoms with E-state index in [4.69, 9.17) is 13.9 Å². The Labute approximate surface area is 170 Å². The number of hydrogen-bond acceptors (Lipinski definition) is 4. The Morgan fingerprint density at radius 1 is 1.07 bits per heavy atom. The lowest BCUT2D eigenvalue weighted by Gasteiger charge is -2.32. The first-order valence-electron chi connectivity index (χ1n) is 10.3. The fraction of sp³-hybridized carbons (Fsp3) is 0.375. The van der Waals surface area contributed by atoms with Crippen LogP contribution in [0.2, 0.25) is 0 Å². The summed E-state index contributed by atoms with van der Waals surface area (Å²) in [5.74, 6) is 1.34. The predicted molar refractivity (Wildman–Crippen MR) is 114 cm³/mol. The van der Waals surface area contributed by atoms with Crippen LogP contribution >= 0.6 is 0 Å². The molecule has 2 heterocycles. The van der Waals surface area contributed by atoms with Gasteiger partial charge in [-0.1, -0.05) is 30.3 Å². The summed E-state index contributed by atoms with van der Waals surface area (Å²) in [5, 5.41) is 0.572. The summed E-state index contributed by atoms with van der Waals surface area (Å²) in [6, 6.07) is 15.1. The Bertz CT molecular complexity index is 1030. The molecular formula is C24H28NO4+. The highest BCUT2D eigenvalue weighted by Crippen LogP contribution is 2.26. The van der Waals surface area contributed by atoms with E-state index in [1.54, 1.807) is 6.07 Å². The lowest BCUT2D eigenvalue weighted by Crippen LogP contribution is -3.16. The van der Waals surface area contributed by atoms with Crippen molar-refractivity contribution in [3.05, 3.63) is 64.5 Å². The number of fused-ring (bicyclic) bond motifs is 1. The molecule has 1 N–H and O–H groups in total. The van der Waals surface area contributed by atoms with Crippen LogP contribution in [0.15, 0.2) is 57.7 Å². The van der Waals surface area contributed by atoms with Crippen LogP contribution in [0.25, 0.3) is 22.1 Å². The van der Waals surface area contributed by atoms with Gasteiger partial charge in [-0.05, 0) is 38.5 Å². The molecule has 1 fully saturated rings. The van der Waals surface area contributed by atoms with E-state index in [2.05, 4.69) is 13.8 Å². The van der Waals surface area contributed by atoms with Crippen molar-refractivity contribution in [2.45, 2.75) is 33.0 Å². The summed E-state index contributed by atoms with van der Waals surface area (Å²) >= 11 is 0. The van der Waals surface area contributed by atoms with E-state index in [0.29, 0.717) is 28.9 Å². The van der Waals surface area contributed by atoms with Crippen LogP contribution in [0.4, 0.5) is 0 Å². The molecule has 5 heteroatoms. The van der Waals surface area contributed by atoms with E-state index in [-0.39, 0.29) is 17.6 Å². The molecule has 152 valence electrons. The van der Waals surface area contributed by atoms with E-state index in [0.717, 1.165) is 30.9 Å². The minimum absolute atomic E-state index is 0.0118. The number of aryl methyl sites for hydroxylation is 1. The minimum atomic E-state index is -0.0118. The van der Waals surface area contributed by atoms with Crippen molar-refractivity contribution in [1.82, 2.24) is 0 Å². The number of ether oxygens (including phenoxy) is 2. The summed E-state index contributed by atoms with van der Waals surface area (Å²) in [5.41, 5.74) is 2.04. The largest absolute Gasteiger partial charge is 0.488 e. The lowest BCUT2D eigenvalue weighted by molar-refractivity contribution is -0.915. The van der Waals surface area contributed by atoms with Gasteiger partial charge in [0, 0.05) is 6.07 Å². The van der Waals surface area contributed by atoms with Crippen molar-refractivity contribution in [2.75, 3.05) is 26.2 Å². The van der Waals surface area contributed by atoms with Gasteiger partial charge in [-0.15, -0.1) is 0 Å². The fourth-order valence-electron chi connectivity index (χ4n) is 4.22. The zero-order valence-corrected chi connectivity index (χ0v) is 17.2. The number of quaternary nitrogens is 1. The molecule has 0 saturated carbocycles. The third-order valence-corrected chi connectivity index (χ3v) is 5.44. The van der Waals surface area contributed by atoms with E-state index in [1.165, 1.54) is 4.90 Å². The van der Waals surface area contributed by atoms with Crippen LogP contribution in [0, 0.1) is 6.92 Å². The second kappa shape index (κ2) is 8.39. The highest BCUT2D eigenvalue weighted by atomic mass is 16.5. The van der Waals surface area contributed by atoms with Crippen molar-refractivity contribution in [3.8, 4) is 16.9 Å². The highest BCUT2D eigenvalue weighted by Gasteiger charge is 2.25. The fourth-order valence-corrected chi connectivity index (χ4v) is 4.22. The van der Waals surface area contributed by atoms with Crippen molar-refractivity contribution in [2.24, 2.45) is 0 Å². The standard InChI is InChI=1S/C24H27NO4/c1-16-14-25(15-17(2)28-16)11-12-27-20-9-10-21-22(13-20)29-18(3)23(24(21)26)19-7-5-4-6-8-19/h4-10,13,16-17H,11-12,14-15H2,1-3H3/p+1/t16-,17-/m0/s1. The Morgan fingerprint density at radius 2 is 1.79 bits per heavy atom. The summed E-state index contributed by atoms with van der Waals surface area (Å²) in [6.45, 7) is 9.61. The van der Waals surface area contributed by atoms with Crippen LogP contribution in [-0.2, 0) is 4.74 Å². The molecule has 3 aromatic rings. The Kier molecular flexibility index (Phi) is 5.69. The highest BCUT2D eigenvalue weighted by molar-refractivity contribution is 5.83. The van der Waals surface area contributed by atoms with Gasteiger partial charge in [0.25, 0.3) is 0 Å². The molecule has 1 saturated heterocycles. The van der Waals surface area contributed by atoms with Gasteiger partial charge in [-0.25, -0.2) is 0 Å². The quantitative estimate of drug-likeness (QED) is 0.723. The Hall–Kier alpha value is -2.63. The summed E-state index contributed by atoms with van der Waals surface area (Å²) in [6.07, 6.45) is 0.566. The van der Waals surface area contributed by atoms with E-state index < -0.39 is 0 Å². The number of nitrogens with one attached hydrogen (secondary N) is 1. The SMILES string of the molecule is Cc1oc2cc(OCC[NH+]3C[C@H](C)O[C@@H](C)C3)ccc2c(=O)c1-c1ccccc1. The second-order valence-corrected chi connectivity index (χ2v) is 7.90. The van der Waals surface area contributed by atoms with Gasteiger partial charge in [-0.2, -0.15) is 0 Å². The van der Waals surface area contributed by atoms with Crippen molar-refractivity contribution >= 4 is 11.0 Å². The minimum Gasteiger partial charge on any atom is -0.488 e. The molecule has 29 heavy (non-hydrogen) atoms. The lowest BCUT2D eigenvalue weighted by atomic mass is 10.0. The predicted octanol–water partition coefficient (Wildman–Crippen LogP) is 2.84. The second-order valence-electron chi connectivity index (χ2n) is 7.90. The van der Waals surface area contributed by atoms with Gasteiger partial charge in [0.1, 0.15) is 55.5 Å². The van der Waals surface area contributed by atoms with Crippen LogP contribution in [0.3, 0.4) is 0 Å². The Morgan fingerprint density at radius 3 is 2.52 bits per heavy atom. The van der Waals surface area contributed by atoms with Crippen LogP contribution in [0.1, 0.15) is 19.6 Å². The molecule has 0 spiro atoms. The van der Waals surface area contributed by atoms with Gasteiger partial charge in [-0.3, -0.25) is 4.79 Å². The van der Waals surface area contributed by atoms with Gasteiger partial charge >= 0.3 is 0 Å². The number of benzene rings is 2. The van der Waals surface area contributed by atoms with Crippen LogP contribution in [-0.4, -0.2) is 38.4 Å². The molecule has 0 bridgehead atoms. The molecule has 0 unspecified atom stereocenters. The first-order chi connectivity index (χ1) is 14.0. The Balaban J connectivity index is 1.50. The zero-order valence-electron chi connectivity index (χ0n) is 17.2. The monoisotopic (exact) mass is 394 g/mol. The van der Waals surface area contributed by atoms with Gasteiger partial charge in [0.2, 0.25) is 5.43 Å². The molecule has 2 atom stereocenters. The maximum atomic E-state index is 13.0.